The second-order valence-electron chi connectivity index (χ2n) is 6.04. The molecule has 2 heterocycles. The predicted molar refractivity (Wildman–Crippen MR) is 87.7 cm³/mol. The summed E-state index contributed by atoms with van der Waals surface area (Å²) in [5.41, 5.74) is 2.24. The summed E-state index contributed by atoms with van der Waals surface area (Å²) in [6.45, 7) is 1.21. The Labute approximate surface area is 131 Å². The Bertz CT molecular complexity index is 774. The molecule has 3 rings (SSSR count). The first-order valence-electron chi connectivity index (χ1n) is 7.48. The molecule has 1 saturated heterocycles. The molecular formula is C16H21N3O2S. The molecule has 2 aromatic rings. The van der Waals surface area contributed by atoms with Crippen LogP contribution in [-0.4, -0.2) is 49.2 Å². The van der Waals surface area contributed by atoms with E-state index in [2.05, 4.69) is 23.2 Å². The summed E-state index contributed by atoms with van der Waals surface area (Å²) in [7, 11) is -0.115. The van der Waals surface area contributed by atoms with Gasteiger partial charge < -0.3 is 0 Å². The number of rotatable bonds is 4. The molecule has 1 aromatic carbocycles. The highest BCUT2D eigenvalue weighted by atomic mass is 32.2. The van der Waals surface area contributed by atoms with Crippen LogP contribution in [0.25, 0.3) is 10.9 Å². The van der Waals surface area contributed by atoms with E-state index < -0.39 is 10.2 Å². The van der Waals surface area contributed by atoms with Crippen LogP contribution >= 0.6 is 0 Å². The number of aromatic nitrogens is 1. The molecule has 0 N–H and O–H groups in total. The quantitative estimate of drug-likeness (QED) is 0.865. The molecule has 0 saturated carbocycles. The minimum absolute atomic E-state index is 0.379. The standard InChI is InChI=1S/C16H21N3O2S/c1-18(2)22(20,21)19-9-7-14(12-19)10-13-5-6-16-15(11-13)4-3-8-17-16/h3-6,8,11,14H,7,9-10,12H2,1-2H3/t14-/m1/s1. The first kappa shape index (κ1) is 15.4. The van der Waals surface area contributed by atoms with E-state index in [0.717, 1.165) is 23.7 Å². The van der Waals surface area contributed by atoms with Crippen LogP contribution in [0.2, 0.25) is 0 Å². The Morgan fingerprint density at radius 3 is 2.91 bits per heavy atom. The van der Waals surface area contributed by atoms with Gasteiger partial charge in [-0.1, -0.05) is 12.1 Å². The summed E-state index contributed by atoms with van der Waals surface area (Å²) in [5.74, 6) is 0.379. The van der Waals surface area contributed by atoms with E-state index in [9.17, 15) is 8.42 Å². The van der Waals surface area contributed by atoms with Gasteiger partial charge in [0.25, 0.3) is 10.2 Å². The molecule has 5 nitrogen and oxygen atoms in total. The SMILES string of the molecule is CN(C)S(=O)(=O)N1CC[C@H](Cc2ccc3ncccc3c2)C1. The summed E-state index contributed by atoms with van der Waals surface area (Å²) >= 11 is 0. The number of hydrogen-bond donors (Lipinski definition) is 0. The van der Waals surface area contributed by atoms with Crippen molar-refractivity contribution < 1.29 is 8.42 Å². The summed E-state index contributed by atoms with van der Waals surface area (Å²) < 4.78 is 27.2. The lowest BCUT2D eigenvalue weighted by atomic mass is 9.97. The Morgan fingerprint density at radius 1 is 1.32 bits per heavy atom. The maximum absolute atomic E-state index is 12.1. The Kier molecular flexibility index (Phi) is 4.16. The van der Waals surface area contributed by atoms with Crippen molar-refractivity contribution in [1.29, 1.82) is 0 Å². The highest BCUT2D eigenvalue weighted by Crippen LogP contribution is 2.25. The van der Waals surface area contributed by atoms with Crippen molar-refractivity contribution in [2.24, 2.45) is 5.92 Å². The average molecular weight is 319 g/mol. The predicted octanol–water partition coefficient (Wildman–Crippen LogP) is 1.91. The molecule has 1 aliphatic rings. The fourth-order valence-corrected chi connectivity index (χ4v) is 4.19. The van der Waals surface area contributed by atoms with Crippen molar-refractivity contribution in [2.75, 3.05) is 27.2 Å². The lowest BCUT2D eigenvalue weighted by molar-refractivity contribution is 0.409. The largest absolute Gasteiger partial charge is 0.281 e. The lowest BCUT2D eigenvalue weighted by Gasteiger charge is -2.20. The second-order valence-corrected chi connectivity index (χ2v) is 8.18. The van der Waals surface area contributed by atoms with Crippen molar-refractivity contribution in [3.63, 3.8) is 0 Å². The van der Waals surface area contributed by atoms with E-state index in [1.54, 1.807) is 24.6 Å². The van der Waals surface area contributed by atoms with Gasteiger partial charge in [0.15, 0.2) is 0 Å². The third kappa shape index (κ3) is 2.99. The van der Waals surface area contributed by atoms with E-state index in [4.69, 9.17) is 0 Å². The molecule has 0 aliphatic carbocycles. The van der Waals surface area contributed by atoms with Gasteiger partial charge in [0.1, 0.15) is 0 Å². The van der Waals surface area contributed by atoms with Crippen LogP contribution in [0, 0.1) is 5.92 Å². The van der Waals surface area contributed by atoms with Gasteiger partial charge in [-0.3, -0.25) is 4.98 Å². The number of benzene rings is 1. The topological polar surface area (TPSA) is 53.5 Å². The summed E-state index contributed by atoms with van der Waals surface area (Å²) in [4.78, 5) is 4.32. The molecule has 1 aliphatic heterocycles. The first-order valence-corrected chi connectivity index (χ1v) is 8.88. The molecule has 1 fully saturated rings. The number of nitrogens with zero attached hydrogens (tertiary/aromatic N) is 3. The molecule has 6 heteroatoms. The molecule has 1 atom stereocenters. The average Bonchev–Trinajstić information content (AvgIpc) is 2.96. The third-order valence-electron chi connectivity index (χ3n) is 4.23. The molecule has 0 amide bonds. The molecule has 0 unspecified atom stereocenters. The Balaban J connectivity index is 1.71. The van der Waals surface area contributed by atoms with Gasteiger partial charge in [0, 0.05) is 38.8 Å². The van der Waals surface area contributed by atoms with Gasteiger partial charge in [0.05, 0.1) is 5.52 Å². The van der Waals surface area contributed by atoms with Crippen molar-refractivity contribution in [2.45, 2.75) is 12.8 Å². The van der Waals surface area contributed by atoms with E-state index in [0.29, 0.717) is 19.0 Å². The lowest BCUT2D eigenvalue weighted by Crippen LogP contribution is -2.38. The zero-order valence-corrected chi connectivity index (χ0v) is 13.8. The summed E-state index contributed by atoms with van der Waals surface area (Å²) in [6.07, 6.45) is 3.62. The van der Waals surface area contributed by atoms with Crippen molar-refractivity contribution in [1.82, 2.24) is 13.6 Å². The number of fused-ring (bicyclic) bond motifs is 1. The van der Waals surface area contributed by atoms with E-state index in [1.165, 1.54) is 9.87 Å². The van der Waals surface area contributed by atoms with Gasteiger partial charge in [-0.25, -0.2) is 0 Å². The van der Waals surface area contributed by atoms with Gasteiger partial charge in [-0.05, 0) is 42.5 Å². The normalized spacial score (nSPS) is 20.0. The van der Waals surface area contributed by atoms with E-state index in [-0.39, 0.29) is 0 Å². The molecule has 22 heavy (non-hydrogen) atoms. The maximum atomic E-state index is 12.1. The second kappa shape index (κ2) is 5.95. The van der Waals surface area contributed by atoms with Gasteiger partial charge in [0.2, 0.25) is 0 Å². The van der Waals surface area contributed by atoms with Gasteiger partial charge in [-0.2, -0.15) is 17.0 Å². The minimum Gasteiger partial charge on any atom is -0.256 e. The van der Waals surface area contributed by atoms with Gasteiger partial charge in [-0.15, -0.1) is 0 Å². The maximum Gasteiger partial charge on any atom is 0.281 e. The first-order chi connectivity index (χ1) is 10.5. The number of hydrogen-bond acceptors (Lipinski definition) is 3. The van der Waals surface area contributed by atoms with Crippen LogP contribution in [-0.2, 0) is 16.6 Å². The minimum atomic E-state index is -3.28. The van der Waals surface area contributed by atoms with Crippen LogP contribution in [0.3, 0.4) is 0 Å². The summed E-state index contributed by atoms with van der Waals surface area (Å²) in [5, 5.41) is 1.13. The van der Waals surface area contributed by atoms with Crippen molar-refractivity contribution in [3.05, 3.63) is 42.1 Å². The summed E-state index contributed by atoms with van der Waals surface area (Å²) in [6, 6.07) is 10.3. The van der Waals surface area contributed by atoms with Crippen LogP contribution in [0.5, 0.6) is 0 Å². The molecule has 118 valence electrons. The Morgan fingerprint density at radius 2 is 2.14 bits per heavy atom. The fourth-order valence-electron chi connectivity index (χ4n) is 2.99. The van der Waals surface area contributed by atoms with Crippen LogP contribution in [0.4, 0.5) is 0 Å². The molecule has 0 spiro atoms. The number of pyridine rings is 1. The molecular weight excluding hydrogens is 298 g/mol. The van der Waals surface area contributed by atoms with Crippen LogP contribution in [0.1, 0.15) is 12.0 Å². The zero-order valence-electron chi connectivity index (χ0n) is 12.9. The van der Waals surface area contributed by atoms with Crippen LogP contribution < -0.4 is 0 Å². The fraction of sp³-hybridized carbons (Fsp3) is 0.438. The van der Waals surface area contributed by atoms with E-state index in [1.807, 2.05) is 12.1 Å². The molecule has 0 bridgehead atoms. The third-order valence-corrected chi connectivity index (χ3v) is 6.14. The molecule has 1 aromatic heterocycles. The van der Waals surface area contributed by atoms with Crippen LogP contribution in [0.15, 0.2) is 36.5 Å². The zero-order chi connectivity index (χ0) is 15.7. The van der Waals surface area contributed by atoms with Gasteiger partial charge >= 0.3 is 0 Å². The Hall–Kier alpha value is -1.50. The highest BCUT2D eigenvalue weighted by molar-refractivity contribution is 7.86. The monoisotopic (exact) mass is 319 g/mol. The smallest absolute Gasteiger partial charge is 0.256 e. The van der Waals surface area contributed by atoms with Crippen molar-refractivity contribution >= 4 is 21.1 Å². The molecule has 0 radical (unpaired) electrons. The van der Waals surface area contributed by atoms with Crippen molar-refractivity contribution in [3.8, 4) is 0 Å². The van der Waals surface area contributed by atoms with E-state index >= 15 is 0 Å². The highest BCUT2D eigenvalue weighted by Gasteiger charge is 2.32.